The molecule has 21 heavy (non-hydrogen) atoms. The van der Waals surface area contributed by atoms with Gasteiger partial charge >= 0.3 is 0 Å². The SMILES string of the molecule is COc1cccc(C(=O)NC(C)CN2CCCC2=O)c1N. The second-order valence-electron chi connectivity index (χ2n) is 5.24. The number of hydrogen-bond acceptors (Lipinski definition) is 4. The molecule has 1 aromatic carbocycles. The van der Waals surface area contributed by atoms with E-state index in [4.69, 9.17) is 10.5 Å². The van der Waals surface area contributed by atoms with Gasteiger partial charge < -0.3 is 20.7 Å². The number of amides is 2. The number of carbonyl (C=O) groups excluding carboxylic acids is 2. The summed E-state index contributed by atoms with van der Waals surface area (Å²) in [6, 6.07) is 4.95. The van der Waals surface area contributed by atoms with Crippen LogP contribution >= 0.6 is 0 Å². The van der Waals surface area contributed by atoms with E-state index in [1.807, 2.05) is 6.92 Å². The van der Waals surface area contributed by atoms with E-state index in [2.05, 4.69) is 5.32 Å². The third kappa shape index (κ3) is 3.45. The lowest BCUT2D eigenvalue weighted by Crippen LogP contribution is -2.42. The van der Waals surface area contributed by atoms with E-state index in [0.29, 0.717) is 30.0 Å². The highest BCUT2D eigenvalue weighted by molar-refractivity contribution is 6.00. The lowest BCUT2D eigenvalue weighted by molar-refractivity contribution is -0.127. The Morgan fingerprint density at radius 2 is 2.29 bits per heavy atom. The molecule has 0 saturated carbocycles. The van der Waals surface area contributed by atoms with Crippen LogP contribution in [-0.4, -0.2) is 43.0 Å². The number of nitrogens with one attached hydrogen (secondary N) is 1. The summed E-state index contributed by atoms with van der Waals surface area (Å²) in [5.41, 5.74) is 6.61. The predicted molar refractivity (Wildman–Crippen MR) is 80.1 cm³/mol. The molecule has 0 aromatic heterocycles. The van der Waals surface area contributed by atoms with Crippen LogP contribution in [0.5, 0.6) is 5.75 Å². The number of rotatable bonds is 5. The van der Waals surface area contributed by atoms with E-state index >= 15 is 0 Å². The van der Waals surface area contributed by atoms with Crippen molar-refractivity contribution < 1.29 is 14.3 Å². The summed E-state index contributed by atoms with van der Waals surface area (Å²) in [6.07, 6.45) is 1.49. The summed E-state index contributed by atoms with van der Waals surface area (Å²) in [5.74, 6) is 0.368. The molecule has 0 bridgehead atoms. The molecule has 1 unspecified atom stereocenters. The lowest BCUT2D eigenvalue weighted by Gasteiger charge is -2.22. The van der Waals surface area contributed by atoms with Crippen molar-refractivity contribution in [3.8, 4) is 5.75 Å². The number of nitrogens with two attached hydrogens (primary N) is 1. The molecular formula is C15H21N3O3. The highest BCUT2D eigenvalue weighted by Crippen LogP contribution is 2.24. The second-order valence-corrected chi connectivity index (χ2v) is 5.24. The molecule has 6 nitrogen and oxygen atoms in total. The van der Waals surface area contributed by atoms with Gasteiger partial charge in [0.2, 0.25) is 5.91 Å². The first-order valence-electron chi connectivity index (χ1n) is 7.04. The monoisotopic (exact) mass is 291 g/mol. The second kappa shape index (κ2) is 6.47. The van der Waals surface area contributed by atoms with Gasteiger partial charge in [-0.15, -0.1) is 0 Å². The van der Waals surface area contributed by atoms with Crippen LogP contribution in [0.1, 0.15) is 30.1 Å². The molecule has 2 amide bonds. The normalized spacial score (nSPS) is 15.9. The van der Waals surface area contributed by atoms with Crippen LogP contribution < -0.4 is 15.8 Å². The van der Waals surface area contributed by atoms with Crippen LogP contribution in [0.4, 0.5) is 5.69 Å². The largest absolute Gasteiger partial charge is 0.495 e. The highest BCUT2D eigenvalue weighted by Gasteiger charge is 2.23. The molecule has 114 valence electrons. The average molecular weight is 291 g/mol. The summed E-state index contributed by atoms with van der Waals surface area (Å²) in [4.78, 5) is 25.6. The molecule has 0 radical (unpaired) electrons. The Bertz CT molecular complexity index is 545. The Morgan fingerprint density at radius 1 is 1.52 bits per heavy atom. The fourth-order valence-corrected chi connectivity index (χ4v) is 2.49. The minimum atomic E-state index is -0.259. The standard InChI is InChI=1S/C15H21N3O3/c1-10(9-18-8-4-7-13(18)19)17-15(20)11-5-3-6-12(21-2)14(11)16/h3,5-6,10H,4,7-9,16H2,1-2H3,(H,17,20). The van der Waals surface area contributed by atoms with E-state index < -0.39 is 0 Å². The van der Waals surface area contributed by atoms with Crippen molar-refractivity contribution in [3.05, 3.63) is 23.8 Å². The Labute approximate surface area is 124 Å². The number of hydrogen-bond donors (Lipinski definition) is 2. The predicted octanol–water partition coefficient (Wildman–Crippen LogP) is 1.02. The van der Waals surface area contributed by atoms with Crippen LogP contribution in [0.15, 0.2) is 18.2 Å². The number of likely N-dealkylation sites (tertiary alicyclic amines) is 1. The molecule has 1 heterocycles. The number of anilines is 1. The molecule has 6 heteroatoms. The lowest BCUT2D eigenvalue weighted by atomic mass is 10.1. The molecule has 1 fully saturated rings. The quantitative estimate of drug-likeness (QED) is 0.793. The summed E-state index contributed by atoms with van der Waals surface area (Å²) < 4.78 is 5.10. The topological polar surface area (TPSA) is 84.7 Å². The van der Waals surface area contributed by atoms with Gasteiger partial charge in [-0.1, -0.05) is 6.07 Å². The van der Waals surface area contributed by atoms with Crippen LogP contribution in [-0.2, 0) is 4.79 Å². The van der Waals surface area contributed by atoms with Crippen LogP contribution in [0.25, 0.3) is 0 Å². The maximum Gasteiger partial charge on any atom is 0.253 e. The van der Waals surface area contributed by atoms with Gasteiger partial charge in [0.1, 0.15) is 5.75 Å². The van der Waals surface area contributed by atoms with E-state index in [1.165, 1.54) is 7.11 Å². The third-order valence-electron chi connectivity index (χ3n) is 3.57. The minimum Gasteiger partial charge on any atom is -0.495 e. The van der Waals surface area contributed by atoms with Gasteiger partial charge in [0.25, 0.3) is 5.91 Å². The van der Waals surface area contributed by atoms with Crippen molar-refractivity contribution in [2.45, 2.75) is 25.8 Å². The Kier molecular flexibility index (Phi) is 4.67. The molecule has 1 saturated heterocycles. The third-order valence-corrected chi connectivity index (χ3v) is 3.57. The molecule has 0 aliphatic carbocycles. The smallest absolute Gasteiger partial charge is 0.253 e. The number of nitrogen functional groups attached to an aromatic ring is 1. The van der Waals surface area contributed by atoms with Gasteiger partial charge in [-0.05, 0) is 25.5 Å². The fourth-order valence-electron chi connectivity index (χ4n) is 2.49. The minimum absolute atomic E-state index is 0.134. The van der Waals surface area contributed by atoms with E-state index in [-0.39, 0.29) is 17.9 Å². The molecule has 3 N–H and O–H groups in total. The number of methoxy groups -OCH3 is 1. The van der Waals surface area contributed by atoms with Gasteiger partial charge in [0.05, 0.1) is 18.4 Å². The summed E-state index contributed by atoms with van der Waals surface area (Å²) in [7, 11) is 1.51. The van der Waals surface area contributed by atoms with Crippen molar-refractivity contribution in [3.63, 3.8) is 0 Å². The van der Waals surface area contributed by atoms with Crippen LogP contribution in [0.2, 0.25) is 0 Å². The van der Waals surface area contributed by atoms with Crippen LogP contribution in [0.3, 0.4) is 0 Å². The Balaban J connectivity index is 1.99. The number of para-hydroxylation sites is 1. The maximum absolute atomic E-state index is 12.2. The fraction of sp³-hybridized carbons (Fsp3) is 0.467. The van der Waals surface area contributed by atoms with Crippen molar-refractivity contribution in [2.75, 3.05) is 25.9 Å². The van der Waals surface area contributed by atoms with Gasteiger partial charge in [-0.3, -0.25) is 9.59 Å². The molecule has 1 aliphatic heterocycles. The Morgan fingerprint density at radius 3 is 2.90 bits per heavy atom. The van der Waals surface area contributed by atoms with Gasteiger partial charge in [0.15, 0.2) is 0 Å². The highest BCUT2D eigenvalue weighted by atomic mass is 16.5. The van der Waals surface area contributed by atoms with Gasteiger partial charge in [0, 0.05) is 25.6 Å². The maximum atomic E-state index is 12.2. The molecule has 2 rings (SSSR count). The van der Waals surface area contributed by atoms with Crippen molar-refractivity contribution in [1.82, 2.24) is 10.2 Å². The average Bonchev–Trinajstić information content (AvgIpc) is 2.84. The first-order valence-corrected chi connectivity index (χ1v) is 7.04. The summed E-state index contributed by atoms with van der Waals surface area (Å²) in [5, 5.41) is 2.87. The van der Waals surface area contributed by atoms with Crippen LogP contribution in [0, 0.1) is 0 Å². The van der Waals surface area contributed by atoms with Crippen molar-refractivity contribution in [2.24, 2.45) is 0 Å². The first-order chi connectivity index (χ1) is 10.0. The van der Waals surface area contributed by atoms with E-state index in [9.17, 15) is 9.59 Å². The van der Waals surface area contributed by atoms with E-state index in [1.54, 1.807) is 23.1 Å². The van der Waals surface area contributed by atoms with Crippen molar-refractivity contribution in [1.29, 1.82) is 0 Å². The molecular weight excluding hydrogens is 270 g/mol. The zero-order chi connectivity index (χ0) is 15.4. The zero-order valence-electron chi connectivity index (χ0n) is 12.4. The number of nitrogens with zero attached hydrogens (tertiary/aromatic N) is 1. The summed E-state index contributed by atoms with van der Waals surface area (Å²) in [6.45, 7) is 3.16. The molecule has 1 atom stereocenters. The van der Waals surface area contributed by atoms with Gasteiger partial charge in [-0.2, -0.15) is 0 Å². The summed E-state index contributed by atoms with van der Waals surface area (Å²) >= 11 is 0. The molecule has 1 aromatic rings. The van der Waals surface area contributed by atoms with Crippen molar-refractivity contribution >= 4 is 17.5 Å². The first kappa shape index (κ1) is 15.2. The van der Waals surface area contributed by atoms with E-state index in [0.717, 1.165) is 13.0 Å². The zero-order valence-corrected chi connectivity index (χ0v) is 12.4. The number of benzene rings is 1. The molecule has 0 spiro atoms. The van der Waals surface area contributed by atoms with Gasteiger partial charge in [-0.25, -0.2) is 0 Å². The number of carbonyl (C=O) groups is 2. The number of ether oxygens (including phenoxy) is 1. The molecule has 1 aliphatic rings. The Hall–Kier alpha value is -2.24.